The van der Waals surface area contributed by atoms with Crippen molar-refractivity contribution >= 4 is 5.96 Å². The second-order valence-corrected chi connectivity index (χ2v) is 3.13. The van der Waals surface area contributed by atoms with E-state index in [4.69, 9.17) is 16.1 Å². The smallest absolute Gasteiger partial charge is 0.219 e. The molecule has 0 atom stereocenters. The van der Waals surface area contributed by atoms with Gasteiger partial charge in [0, 0.05) is 13.1 Å². The molecule has 1 rings (SSSR count). The van der Waals surface area contributed by atoms with E-state index < -0.39 is 0 Å². The van der Waals surface area contributed by atoms with Crippen LogP contribution in [-0.2, 0) is 0 Å². The molecular formula is C7H16N4O2. The molecule has 1 aliphatic heterocycles. The molecule has 4 N–H and O–H groups in total. The van der Waals surface area contributed by atoms with Crippen LogP contribution in [0.2, 0.25) is 0 Å². The predicted octanol–water partition coefficient (Wildman–Crippen LogP) is 0.172. The summed E-state index contributed by atoms with van der Waals surface area (Å²) < 4.78 is 0. The third-order valence-corrected chi connectivity index (χ3v) is 2.12. The summed E-state index contributed by atoms with van der Waals surface area (Å²) in [6.45, 7) is 1.67. The van der Waals surface area contributed by atoms with Gasteiger partial charge in [-0.1, -0.05) is 17.9 Å². The SMILES string of the molecule is NC(=NN(O)O)N1CCCCCC1. The van der Waals surface area contributed by atoms with Gasteiger partial charge < -0.3 is 10.6 Å². The Bertz CT molecular complexity index is 175. The highest BCUT2D eigenvalue weighted by Crippen LogP contribution is 2.08. The summed E-state index contributed by atoms with van der Waals surface area (Å²) in [6, 6.07) is 0. The molecule has 1 heterocycles. The molecule has 0 spiro atoms. The monoisotopic (exact) mass is 188 g/mol. The van der Waals surface area contributed by atoms with Gasteiger partial charge in [-0.25, -0.2) is 10.4 Å². The lowest BCUT2D eigenvalue weighted by atomic mass is 10.2. The Morgan fingerprint density at radius 1 is 1.15 bits per heavy atom. The first-order valence-electron chi connectivity index (χ1n) is 4.47. The van der Waals surface area contributed by atoms with Crippen LogP contribution in [0.4, 0.5) is 0 Å². The fourth-order valence-electron chi connectivity index (χ4n) is 1.45. The molecule has 1 saturated heterocycles. The Balaban J connectivity index is 2.48. The minimum Gasteiger partial charge on any atom is -0.368 e. The van der Waals surface area contributed by atoms with Gasteiger partial charge in [-0.2, -0.15) is 0 Å². The Morgan fingerprint density at radius 2 is 1.69 bits per heavy atom. The van der Waals surface area contributed by atoms with Crippen molar-refractivity contribution in [3.8, 4) is 0 Å². The van der Waals surface area contributed by atoms with Gasteiger partial charge in [-0.15, -0.1) is 0 Å². The zero-order valence-corrected chi connectivity index (χ0v) is 7.56. The summed E-state index contributed by atoms with van der Waals surface area (Å²) in [5, 5.41) is 19.9. The first kappa shape index (κ1) is 10.1. The van der Waals surface area contributed by atoms with E-state index >= 15 is 0 Å². The summed E-state index contributed by atoms with van der Waals surface area (Å²) in [7, 11) is 0. The van der Waals surface area contributed by atoms with Crippen LogP contribution in [0.1, 0.15) is 25.7 Å². The maximum atomic E-state index is 8.42. The molecule has 0 saturated carbocycles. The van der Waals surface area contributed by atoms with Crippen LogP contribution >= 0.6 is 0 Å². The van der Waals surface area contributed by atoms with E-state index in [1.807, 2.05) is 4.90 Å². The van der Waals surface area contributed by atoms with Crippen molar-refractivity contribution in [3.63, 3.8) is 0 Å². The second kappa shape index (κ2) is 4.88. The molecule has 0 aromatic carbocycles. The van der Waals surface area contributed by atoms with Gasteiger partial charge in [0.25, 0.3) is 0 Å². The number of guanidine groups is 1. The minimum absolute atomic E-state index is 0.159. The molecule has 13 heavy (non-hydrogen) atoms. The lowest BCUT2D eigenvalue weighted by Crippen LogP contribution is -2.39. The molecule has 76 valence electrons. The molecule has 0 bridgehead atoms. The Morgan fingerprint density at radius 3 is 2.15 bits per heavy atom. The maximum Gasteiger partial charge on any atom is 0.219 e. The molecular weight excluding hydrogens is 172 g/mol. The molecule has 6 heteroatoms. The molecule has 0 unspecified atom stereocenters. The number of hydrazone groups is 1. The molecule has 1 fully saturated rings. The van der Waals surface area contributed by atoms with Crippen LogP contribution in [0.3, 0.4) is 0 Å². The highest BCUT2D eigenvalue weighted by molar-refractivity contribution is 5.77. The van der Waals surface area contributed by atoms with E-state index in [1.165, 1.54) is 12.8 Å². The fourth-order valence-corrected chi connectivity index (χ4v) is 1.45. The highest BCUT2D eigenvalue weighted by atomic mass is 16.8. The third kappa shape index (κ3) is 3.47. The van der Waals surface area contributed by atoms with E-state index in [2.05, 4.69) is 5.10 Å². The Labute approximate surface area is 77.1 Å². The van der Waals surface area contributed by atoms with Crippen LogP contribution in [-0.4, -0.2) is 39.7 Å². The van der Waals surface area contributed by atoms with E-state index in [-0.39, 0.29) is 11.3 Å². The number of nitrogens with two attached hydrogens (primary N) is 1. The fraction of sp³-hybridized carbons (Fsp3) is 0.857. The van der Waals surface area contributed by atoms with Gasteiger partial charge in [0.1, 0.15) is 0 Å². The summed E-state index contributed by atoms with van der Waals surface area (Å²) in [4.78, 5) is 1.85. The molecule has 0 amide bonds. The van der Waals surface area contributed by atoms with E-state index in [0.717, 1.165) is 25.9 Å². The number of rotatable bonds is 1. The quantitative estimate of drug-likeness (QED) is 0.310. The van der Waals surface area contributed by atoms with E-state index in [0.29, 0.717) is 0 Å². The van der Waals surface area contributed by atoms with Crippen LogP contribution in [0.25, 0.3) is 0 Å². The van der Waals surface area contributed by atoms with Crippen molar-refractivity contribution in [2.24, 2.45) is 10.8 Å². The molecule has 0 aromatic rings. The number of hydrogen-bond acceptors (Lipinski definition) is 4. The van der Waals surface area contributed by atoms with Gasteiger partial charge in [0.2, 0.25) is 5.96 Å². The van der Waals surface area contributed by atoms with Crippen molar-refractivity contribution in [1.29, 1.82) is 0 Å². The molecule has 0 aliphatic carbocycles. The molecule has 1 aliphatic rings. The van der Waals surface area contributed by atoms with Crippen molar-refractivity contribution in [2.75, 3.05) is 13.1 Å². The van der Waals surface area contributed by atoms with Gasteiger partial charge in [0.05, 0.1) is 0 Å². The lowest BCUT2D eigenvalue weighted by molar-refractivity contribution is -0.308. The highest BCUT2D eigenvalue weighted by Gasteiger charge is 2.11. The summed E-state index contributed by atoms with van der Waals surface area (Å²) in [5.74, 6) is 0.159. The first-order chi connectivity index (χ1) is 6.20. The van der Waals surface area contributed by atoms with Crippen molar-refractivity contribution in [3.05, 3.63) is 0 Å². The third-order valence-electron chi connectivity index (χ3n) is 2.12. The molecule has 6 nitrogen and oxygen atoms in total. The number of hydrogen-bond donors (Lipinski definition) is 3. The van der Waals surface area contributed by atoms with Gasteiger partial charge in [-0.3, -0.25) is 0 Å². The van der Waals surface area contributed by atoms with Gasteiger partial charge in [-0.05, 0) is 18.2 Å². The minimum atomic E-state index is -0.250. The van der Waals surface area contributed by atoms with E-state index in [1.54, 1.807) is 0 Å². The standard InChI is InChI=1S/C7H16N4O2/c8-7(9-11(12)13)10-5-3-1-2-4-6-10/h12-13H,1-6H2,(H2,8,9). The van der Waals surface area contributed by atoms with Crippen LogP contribution in [0.5, 0.6) is 0 Å². The summed E-state index contributed by atoms with van der Waals surface area (Å²) in [6.07, 6.45) is 4.55. The van der Waals surface area contributed by atoms with Crippen LogP contribution < -0.4 is 5.73 Å². The number of likely N-dealkylation sites (tertiary alicyclic amines) is 1. The van der Waals surface area contributed by atoms with Crippen molar-refractivity contribution < 1.29 is 10.4 Å². The van der Waals surface area contributed by atoms with Gasteiger partial charge in [0.15, 0.2) is 0 Å². The average Bonchev–Trinajstić information content (AvgIpc) is 2.29. The normalized spacial score (nSPS) is 19.8. The second-order valence-electron chi connectivity index (χ2n) is 3.13. The average molecular weight is 188 g/mol. The Kier molecular flexibility index (Phi) is 3.78. The largest absolute Gasteiger partial charge is 0.368 e. The lowest BCUT2D eigenvalue weighted by Gasteiger charge is -2.20. The van der Waals surface area contributed by atoms with Crippen LogP contribution in [0.15, 0.2) is 5.10 Å². The van der Waals surface area contributed by atoms with Crippen molar-refractivity contribution in [2.45, 2.75) is 25.7 Å². The van der Waals surface area contributed by atoms with Crippen molar-refractivity contribution in [1.82, 2.24) is 10.2 Å². The topological polar surface area (TPSA) is 85.3 Å². The van der Waals surface area contributed by atoms with E-state index in [9.17, 15) is 0 Å². The zero-order chi connectivity index (χ0) is 9.68. The van der Waals surface area contributed by atoms with Gasteiger partial charge >= 0.3 is 0 Å². The zero-order valence-electron chi connectivity index (χ0n) is 7.56. The Hall–Kier alpha value is -1.01. The molecule has 0 radical (unpaired) electrons. The molecule has 0 aromatic heterocycles. The number of nitrogens with zero attached hydrogens (tertiary/aromatic N) is 3. The maximum absolute atomic E-state index is 8.42. The first-order valence-corrected chi connectivity index (χ1v) is 4.47. The van der Waals surface area contributed by atoms with Crippen LogP contribution in [0, 0.1) is 0 Å². The summed E-state index contributed by atoms with van der Waals surface area (Å²) in [5.41, 5.74) is 5.53. The summed E-state index contributed by atoms with van der Waals surface area (Å²) >= 11 is 0. The predicted molar refractivity (Wildman–Crippen MR) is 47.1 cm³/mol.